The van der Waals surface area contributed by atoms with E-state index in [2.05, 4.69) is 5.32 Å². The Balaban J connectivity index is 1.17. The Kier molecular flexibility index (Phi) is 7.50. The number of amides is 1. The minimum atomic E-state index is -2.34. The molecule has 2 aliphatic rings. The number of rotatable bonds is 7. The summed E-state index contributed by atoms with van der Waals surface area (Å²) in [6.07, 6.45) is 0.0616. The highest BCUT2D eigenvalue weighted by Crippen LogP contribution is 2.44. The van der Waals surface area contributed by atoms with Crippen LogP contribution in [0, 0.1) is 29.1 Å². The van der Waals surface area contributed by atoms with Gasteiger partial charge in [0.1, 0.15) is 12.1 Å². The van der Waals surface area contributed by atoms with Gasteiger partial charge in [0, 0.05) is 19.0 Å². The molecule has 11 heteroatoms. The van der Waals surface area contributed by atoms with E-state index < -0.39 is 52.4 Å². The third-order valence-electron chi connectivity index (χ3n) is 7.59. The molecule has 3 aromatic rings. The summed E-state index contributed by atoms with van der Waals surface area (Å²) >= 11 is 0. The Morgan fingerprint density at radius 2 is 1.45 bits per heavy atom. The van der Waals surface area contributed by atoms with Crippen LogP contribution in [0.25, 0.3) is 11.1 Å². The lowest BCUT2D eigenvalue weighted by atomic mass is 9.98. The predicted octanol–water partition coefficient (Wildman–Crippen LogP) is 5.68. The quantitative estimate of drug-likeness (QED) is 0.132. The molecule has 3 aromatic carbocycles. The normalized spacial score (nSPS) is 18.4. The Morgan fingerprint density at radius 3 is 2.05 bits per heavy atom. The molecular formula is C29H25F5N2O4. The van der Waals surface area contributed by atoms with Crippen molar-refractivity contribution in [2.24, 2.45) is 0 Å². The molecule has 0 radical (unpaired) electrons. The third-order valence-corrected chi connectivity index (χ3v) is 7.59. The fourth-order valence-corrected chi connectivity index (χ4v) is 5.43. The van der Waals surface area contributed by atoms with Crippen LogP contribution >= 0.6 is 0 Å². The number of likely N-dealkylation sites (tertiary alicyclic amines) is 1. The highest BCUT2D eigenvalue weighted by Gasteiger charge is 2.45. The maximum absolute atomic E-state index is 14.0. The van der Waals surface area contributed by atoms with Gasteiger partial charge in [-0.2, -0.15) is 8.78 Å². The summed E-state index contributed by atoms with van der Waals surface area (Å²) in [7, 11) is 0. The summed E-state index contributed by atoms with van der Waals surface area (Å²) in [6, 6.07) is 15.8. The van der Waals surface area contributed by atoms with Crippen molar-refractivity contribution in [2.45, 2.75) is 31.2 Å². The van der Waals surface area contributed by atoms with Gasteiger partial charge < -0.3 is 14.8 Å². The van der Waals surface area contributed by atoms with Crippen LogP contribution in [-0.4, -0.2) is 48.7 Å². The van der Waals surface area contributed by atoms with Gasteiger partial charge in [-0.05, 0) is 48.6 Å². The smallest absolute Gasteiger partial charge is 0.407 e. The Bertz CT molecular complexity index is 1410. The molecule has 0 bridgehead atoms. The van der Waals surface area contributed by atoms with E-state index in [1.54, 1.807) is 4.90 Å². The minimum absolute atomic E-state index is 0.0715. The molecule has 1 atom stereocenters. The van der Waals surface area contributed by atoms with Crippen molar-refractivity contribution in [3.8, 4) is 16.9 Å². The molecule has 0 spiro atoms. The van der Waals surface area contributed by atoms with Gasteiger partial charge in [-0.1, -0.05) is 48.5 Å². The van der Waals surface area contributed by atoms with Gasteiger partial charge in [0.25, 0.3) is 0 Å². The second-order valence-corrected chi connectivity index (χ2v) is 9.91. The maximum atomic E-state index is 14.0. The number of benzene rings is 3. The number of nitrogens with zero attached hydrogens (tertiary/aromatic N) is 1. The van der Waals surface area contributed by atoms with Crippen LogP contribution in [0.15, 0.2) is 48.5 Å². The third kappa shape index (κ3) is 4.78. The molecule has 1 amide bonds. The van der Waals surface area contributed by atoms with Gasteiger partial charge in [0.2, 0.25) is 34.8 Å². The van der Waals surface area contributed by atoms with Crippen LogP contribution in [0.2, 0.25) is 0 Å². The van der Waals surface area contributed by atoms with Gasteiger partial charge in [0.15, 0.2) is 0 Å². The van der Waals surface area contributed by atoms with E-state index in [1.807, 2.05) is 48.5 Å². The SMILES string of the molecule is C[C@]1(C(=O)Oc2c(F)c(F)c(F)c(F)c2F)CCCN1CCNC(=O)OCC1c2ccccc2-c2ccccc21. The van der Waals surface area contributed by atoms with E-state index in [0.29, 0.717) is 13.0 Å². The molecule has 0 unspecified atom stereocenters. The van der Waals surface area contributed by atoms with Gasteiger partial charge in [0.05, 0.1) is 0 Å². The van der Waals surface area contributed by atoms with Crippen LogP contribution in [0.5, 0.6) is 5.75 Å². The highest BCUT2D eigenvalue weighted by molar-refractivity contribution is 5.83. The number of alkyl carbamates (subject to hydrolysis) is 1. The van der Waals surface area contributed by atoms with Gasteiger partial charge in [-0.15, -0.1) is 0 Å². The van der Waals surface area contributed by atoms with E-state index in [4.69, 9.17) is 9.47 Å². The molecule has 1 aliphatic heterocycles. The number of carbonyl (C=O) groups is 2. The first kappa shape index (κ1) is 27.6. The first-order chi connectivity index (χ1) is 19.1. The molecular weight excluding hydrogens is 535 g/mol. The number of ether oxygens (including phenoxy) is 2. The number of nitrogens with one attached hydrogen (secondary N) is 1. The maximum Gasteiger partial charge on any atom is 0.407 e. The predicted molar refractivity (Wildman–Crippen MR) is 134 cm³/mol. The van der Waals surface area contributed by atoms with Crippen molar-refractivity contribution >= 4 is 12.1 Å². The van der Waals surface area contributed by atoms with Crippen molar-refractivity contribution in [1.82, 2.24) is 10.2 Å². The van der Waals surface area contributed by atoms with Crippen LogP contribution in [0.4, 0.5) is 26.7 Å². The Morgan fingerprint density at radius 1 is 0.900 bits per heavy atom. The molecule has 1 saturated heterocycles. The Labute approximate surface area is 226 Å². The molecule has 1 heterocycles. The van der Waals surface area contributed by atoms with E-state index in [-0.39, 0.29) is 32.0 Å². The fourth-order valence-electron chi connectivity index (χ4n) is 5.43. The largest absolute Gasteiger partial charge is 0.449 e. The highest BCUT2D eigenvalue weighted by atomic mass is 19.2. The van der Waals surface area contributed by atoms with Crippen molar-refractivity contribution in [2.75, 3.05) is 26.2 Å². The molecule has 1 fully saturated rings. The lowest BCUT2D eigenvalue weighted by Crippen LogP contribution is -2.52. The Hall–Kier alpha value is -3.99. The molecule has 1 aliphatic carbocycles. The summed E-state index contributed by atoms with van der Waals surface area (Å²) in [5.74, 6) is -14.1. The van der Waals surface area contributed by atoms with Crippen molar-refractivity contribution in [1.29, 1.82) is 0 Å². The average molecular weight is 561 g/mol. The molecule has 0 saturated carbocycles. The number of fused-ring (bicyclic) bond motifs is 3. The van der Waals surface area contributed by atoms with E-state index >= 15 is 0 Å². The van der Waals surface area contributed by atoms with Gasteiger partial charge in [-0.25, -0.2) is 22.8 Å². The zero-order valence-corrected chi connectivity index (χ0v) is 21.4. The van der Waals surface area contributed by atoms with Crippen LogP contribution in [-0.2, 0) is 9.53 Å². The topological polar surface area (TPSA) is 67.9 Å². The summed E-state index contributed by atoms with van der Waals surface area (Å²) in [5.41, 5.74) is 2.91. The molecule has 1 N–H and O–H groups in total. The molecule has 210 valence electrons. The van der Waals surface area contributed by atoms with E-state index in [0.717, 1.165) is 22.3 Å². The summed E-state index contributed by atoms with van der Waals surface area (Å²) in [5, 5.41) is 2.63. The lowest BCUT2D eigenvalue weighted by Gasteiger charge is -2.32. The first-order valence-electron chi connectivity index (χ1n) is 12.7. The van der Waals surface area contributed by atoms with Gasteiger partial charge >= 0.3 is 12.1 Å². The summed E-state index contributed by atoms with van der Waals surface area (Å²) < 4.78 is 78.7. The standard InChI is InChI=1S/C29H25F5N2O4/c1-29(27(37)40-26-24(33)22(31)21(30)23(32)25(26)34)11-6-13-36(29)14-12-35-28(38)39-15-20-18-9-4-2-7-16(18)17-8-3-5-10-19(17)20/h2-5,7-10,20H,6,11-15H2,1H3,(H,35,38)/t29-/m1/s1. The molecule has 5 rings (SSSR count). The number of halogens is 5. The second-order valence-electron chi connectivity index (χ2n) is 9.91. The number of esters is 1. The molecule has 40 heavy (non-hydrogen) atoms. The van der Waals surface area contributed by atoms with Crippen molar-refractivity contribution in [3.63, 3.8) is 0 Å². The summed E-state index contributed by atoms with van der Waals surface area (Å²) in [4.78, 5) is 26.9. The van der Waals surface area contributed by atoms with Crippen LogP contribution in [0.1, 0.15) is 36.8 Å². The second kappa shape index (κ2) is 10.9. The van der Waals surface area contributed by atoms with Crippen molar-refractivity contribution in [3.05, 3.63) is 88.7 Å². The van der Waals surface area contributed by atoms with Gasteiger partial charge in [-0.3, -0.25) is 4.90 Å². The minimum Gasteiger partial charge on any atom is -0.449 e. The number of hydrogen-bond acceptors (Lipinski definition) is 5. The van der Waals surface area contributed by atoms with E-state index in [1.165, 1.54) is 6.92 Å². The van der Waals surface area contributed by atoms with Crippen LogP contribution < -0.4 is 10.1 Å². The monoisotopic (exact) mass is 560 g/mol. The number of carbonyl (C=O) groups excluding carboxylic acids is 2. The van der Waals surface area contributed by atoms with E-state index in [9.17, 15) is 31.5 Å². The lowest BCUT2D eigenvalue weighted by molar-refractivity contribution is -0.146. The summed E-state index contributed by atoms with van der Waals surface area (Å²) in [6.45, 7) is 2.17. The number of hydrogen-bond donors (Lipinski definition) is 1. The zero-order valence-electron chi connectivity index (χ0n) is 21.4. The first-order valence-corrected chi connectivity index (χ1v) is 12.7. The average Bonchev–Trinajstić information content (AvgIpc) is 3.50. The molecule has 6 nitrogen and oxygen atoms in total. The van der Waals surface area contributed by atoms with Crippen molar-refractivity contribution < 1.29 is 41.0 Å². The van der Waals surface area contributed by atoms with Crippen LogP contribution in [0.3, 0.4) is 0 Å². The zero-order chi connectivity index (χ0) is 28.6. The fraction of sp³-hybridized carbons (Fsp3) is 0.310. The molecule has 0 aromatic heterocycles.